The van der Waals surface area contributed by atoms with Gasteiger partial charge in [-0.3, -0.25) is 9.69 Å². The molecule has 1 fully saturated rings. The van der Waals surface area contributed by atoms with Crippen molar-refractivity contribution in [3.8, 4) is 0 Å². The molecule has 0 spiro atoms. The average molecular weight is 376 g/mol. The molecule has 138 valence electrons. The summed E-state index contributed by atoms with van der Waals surface area (Å²) in [6.07, 6.45) is 3.31. The van der Waals surface area contributed by atoms with Crippen molar-refractivity contribution in [2.24, 2.45) is 0 Å². The summed E-state index contributed by atoms with van der Waals surface area (Å²) in [6, 6.07) is 3.50. The van der Waals surface area contributed by atoms with Crippen LogP contribution in [0.3, 0.4) is 0 Å². The summed E-state index contributed by atoms with van der Waals surface area (Å²) in [7, 11) is 0. The number of aromatic carboxylic acids is 1. The summed E-state index contributed by atoms with van der Waals surface area (Å²) < 4.78 is 1.79. The van der Waals surface area contributed by atoms with Gasteiger partial charge >= 0.3 is 5.97 Å². The molecule has 6 nitrogen and oxygen atoms in total. The molecule has 1 aliphatic heterocycles. The van der Waals surface area contributed by atoms with Gasteiger partial charge in [0.2, 0.25) is 5.43 Å². The zero-order valence-corrected chi connectivity index (χ0v) is 15.5. The number of fused-ring (bicyclic) bond motifs is 1. The third-order valence-corrected chi connectivity index (χ3v) is 5.12. The lowest BCUT2D eigenvalue weighted by Crippen LogP contribution is -2.46. The van der Waals surface area contributed by atoms with Gasteiger partial charge < -0.3 is 14.6 Å². The minimum atomic E-state index is -1.22. The summed E-state index contributed by atoms with van der Waals surface area (Å²) in [5, 5.41) is 10.1. The first-order valence-corrected chi connectivity index (χ1v) is 9.02. The third-order valence-electron chi connectivity index (χ3n) is 4.82. The predicted octanol–water partition coefficient (Wildman–Crippen LogP) is 2.68. The number of carboxylic acid groups (broad SMARTS) is 1. The fourth-order valence-corrected chi connectivity index (χ4v) is 3.69. The van der Waals surface area contributed by atoms with Crippen molar-refractivity contribution in [2.75, 3.05) is 37.6 Å². The Hall–Kier alpha value is -2.31. The van der Waals surface area contributed by atoms with Gasteiger partial charge in [-0.25, -0.2) is 4.79 Å². The van der Waals surface area contributed by atoms with Crippen LogP contribution in [0, 0.1) is 0 Å². The Labute approximate surface area is 156 Å². The molecule has 0 bridgehead atoms. The molecule has 1 aromatic heterocycles. The van der Waals surface area contributed by atoms with Crippen molar-refractivity contribution in [1.82, 2.24) is 9.47 Å². The van der Waals surface area contributed by atoms with E-state index < -0.39 is 11.4 Å². The normalized spacial score (nSPS) is 15.4. The van der Waals surface area contributed by atoms with Crippen molar-refractivity contribution in [3.63, 3.8) is 0 Å². The van der Waals surface area contributed by atoms with Crippen molar-refractivity contribution >= 4 is 34.2 Å². The number of pyridine rings is 1. The highest BCUT2D eigenvalue weighted by molar-refractivity contribution is 6.34. The molecule has 1 saturated heterocycles. The number of rotatable bonds is 5. The SMILES string of the molecule is C=CCN1CCN(c2cc3c(cc2Cl)c(=O)c(C(=O)O)cn3CC)CC1. The van der Waals surface area contributed by atoms with Crippen LogP contribution < -0.4 is 10.3 Å². The maximum atomic E-state index is 12.5. The molecule has 26 heavy (non-hydrogen) atoms. The molecule has 2 aromatic rings. The van der Waals surface area contributed by atoms with Gasteiger partial charge in [0.1, 0.15) is 5.56 Å². The van der Waals surface area contributed by atoms with E-state index in [9.17, 15) is 14.7 Å². The molecule has 1 N–H and O–H groups in total. The number of carboxylic acids is 1. The molecular weight excluding hydrogens is 354 g/mol. The topological polar surface area (TPSA) is 65.8 Å². The van der Waals surface area contributed by atoms with Crippen LogP contribution in [0.4, 0.5) is 5.69 Å². The van der Waals surface area contributed by atoms with E-state index in [1.807, 2.05) is 19.1 Å². The quantitative estimate of drug-likeness (QED) is 0.814. The third kappa shape index (κ3) is 3.34. The first kappa shape index (κ1) is 18.5. The molecule has 0 atom stereocenters. The number of hydrogen-bond acceptors (Lipinski definition) is 4. The minimum absolute atomic E-state index is 0.235. The highest BCUT2D eigenvalue weighted by Gasteiger charge is 2.21. The van der Waals surface area contributed by atoms with Crippen LogP contribution in [-0.4, -0.2) is 53.3 Å². The number of piperazine rings is 1. The lowest BCUT2D eigenvalue weighted by molar-refractivity contribution is 0.0695. The highest BCUT2D eigenvalue weighted by Crippen LogP contribution is 2.31. The zero-order valence-electron chi connectivity index (χ0n) is 14.7. The Bertz CT molecular complexity index is 914. The summed E-state index contributed by atoms with van der Waals surface area (Å²) >= 11 is 6.47. The molecule has 0 unspecified atom stereocenters. The lowest BCUT2D eigenvalue weighted by Gasteiger charge is -2.36. The molecule has 0 radical (unpaired) electrons. The monoisotopic (exact) mass is 375 g/mol. The van der Waals surface area contributed by atoms with Gasteiger partial charge in [-0.15, -0.1) is 6.58 Å². The van der Waals surface area contributed by atoms with Crippen molar-refractivity contribution in [1.29, 1.82) is 0 Å². The standard InChI is InChI=1S/C19H22ClN3O3/c1-3-5-21-6-8-23(9-7-21)17-11-16-13(10-15(17)20)18(24)14(19(25)26)12-22(16)4-2/h3,10-12H,1,4-9H2,2H3,(H,25,26). The molecule has 1 aliphatic rings. The Balaban J connectivity index is 2.05. The zero-order chi connectivity index (χ0) is 18.8. The second kappa shape index (κ2) is 7.51. The second-order valence-corrected chi connectivity index (χ2v) is 6.77. The molecule has 0 amide bonds. The number of anilines is 1. The second-order valence-electron chi connectivity index (χ2n) is 6.36. The number of aryl methyl sites for hydroxylation is 1. The molecule has 0 saturated carbocycles. The Kier molecular flexibility index (Phi) is 5.34. The molecule has 7 heteroatoms. The number of aromatic nitrogens is 1. The van der Waals surface area contributed by atoms with Crippen LogP contribution in [0.25, 0.3) is 10.9 Å². The van der Waals surface area contributed by atoms with Crippen molar-refractivity contribution in [2.45, 2.75) is 13.5 Å². The van der Waals surface area contributed by atoms with Crippen LogP contribution in [-0.2, 0) is 6.54 Å². The van der Waals surface area contributed by atoms with Gasteiger partial charge in [0, 0.05) is 50.9 Å². The van der Waals surface area contributed by atoms with Gasteiger partial charge in [0.25, 0.3) is 0 Å². The average Bonchev–Trinajstić information content (AvgIpc) is 2.63. The van der Waals surface area contributed by atoms with Gasteiger partial charge in [-0.1, -0.05) is 17.7 Å². The molecular formula is C19H22ClN3O3. The first-order chi connectivity index (χ1) is 12.5. The van der Waals surface area contributed by atoms with Crippen molar-refractivity contribution < 1.29 is 9.90 Å². The Morgan fingerprint density at radius 2 is 2.00 bits per heavy atom. The van der Waals surface area contributed by atoms with E-state index in [0.717, 1.165) is 38.4 Å². The molecule has 3 rings (SSSR count). The number of carbonyl (C=O) groups is 1. The number of hydrogen-bond donors (Lipinski definition) is 1. The van der Waals surface area contributed by atoms with E-state index >= 15 is 0 Å². The number of halogens is 1. The van der Waals surface area contributed by atoms with E-state index in [-0.39, 0.29) is 5.56 Å². The van der Waals surface area contributed by atoms with Crippen LogP contribution >= 0.6 is 11.6 Å². The van der Waals surface area contributed by atoms with Crippen LogP contribution in [0.15, 0.2) is 35.8 Å². The molecule has 0 aliphatic carbocycles. The van der Waals surface area contributed by atoms with Crippen LogP contribution in [0.5, 0.6) is 0 Å². The predicted molar refractivity (Wildman–Crippen MR) is 105 cm³/mol. The van der Waals surface area contributed by atoms with E-state index in [1.54, 1.807) is 10.6 Å². The fourth-order valence-electron chi connectivity index (χ4n) is 3.41. The largest absolute Gasteiger partial charge is 0.477 e. The van der Waals surface area contributed by atoms with Gasteiger partial charge in [0.15, 0.2) is 0 Å². The lowest BCUT2D eigenvalue weighted by atomic mass is 10.1. The van der Waals surface area contributed by atoms with Gasteiger partial charge in [0.05, 0.1) is 16.2 Å². The number of nitrogens with zero attached hydrogens (tertiary/aromatic N) is 3. The van der Waals surface area contributed by atoms with Crippen LogP contribution in [0.1, 0.15) is 17.3 Å². The van der Waals surface area contributed by atoms with Crippen molar-refractivity contribution in [3.05, 3.63) is 51.8 Å². The maximum absolute atomic E-state index is 12.5. The number of benzene rings is 1. The smallest absolute Gasteiger partial charge is 0.341 e. The van der Waals surface area contributed by atoms with E-state index in [1.165, 1.54) is 6.20 Å². The molecule has 1 aromatic carbocycles. The van der Waals surface area contributed by atoms with E-state index in [0.29, 0.717) is 22.5 Å². The summed E-state index contributed by atoms with van der Waals surface area (Å²) in [6.45, 7) is 10.6. The Morgan fingerprint density at radius 1 is 1.31 bits per heavy atom. The highest BCUT2D eigenvalue weighted by atomic mass is 35.5. The van der Waals surface area contributed by atoms with E-state index in [4.69, 9.17) is 11.6 Å². The van der Waals surface area contributed by atoms with E-state index in [2.05, 4.69) is 16.4 Å². The summed E-state index contributed by atoms with van der Waals surface area (Å²) in [4.78, 5) is 28.4. The van der Waals surface area contributed by atoms with Gasteiger partial charge in [-0.05, 0) is 19.1 Å². The minimum Gasteiger partial charge on any atom is -0.477 e. The first-order valence-electron chi connectivity index (χ1n) is 8.64. The maximum Gasteiger partial charge on any atom is 0.341 e. The Morgan fingerprint density at radius 3 is 2.58 bits per heavy atom. The summed E-state index contributed by atoms with van der Waals surface area (Å²) in [5.74, 6) is -1.22. The fraction of sp³-hybridized carbons (Fsp3) is 0.368. The molecule has 2 heterocycles. The van der Waals surface area contributed by atoms with Gasteiger partial charge in [-0.2, -0.15) is 0 Å². The summed E-state index contributed by atoms with van der Waals surface area (Å²) in [5.41, 5.74) is 0.847. The van der Waals surface area contributed by atoms with Crippen LogP contribution in [0.2, 0.25) is 5.02 Å².